The lowest BCUT2D eigenvalue weighted by Crippen LogP contribution is -2.26. The molecule has 116 valence electrons. The highest BCUT2D eigenvalue weighted by Gasteiger charge is 2.30. The Morgan fingerprint density at radius 3 is 2.39 bits per heavy atom. The largest absolute Gasteiger partial charge is 0.426 e. The molecule has 0 aromatic heterocycles. The fourth-order valence-electron chi connectivity index (χ4n) is 2.46. The highest BCUT2D eigenvalue weighted by molar-refractivity contribution is 6.30. The molecule has 1 heterocycles. The van der Waals surface area contributed by atoms with Crippen molar-refractivity contribution in [2.24, 2.45) is 0 Å². The van der Waals surface area contributed by atoms with Crippen LogP contribution in [-0.2, 0) is 4.79 Å². The van der Waals surface area contributed by atoms with Gasteiger partial charge < -0.3 is 9.64 Å². The summed E-state index contributed by atoms with van der Waals surface area (Å²) in [5.41, 5.74) is 2.04. The molecule has 0 atom stereocenters. The number of carbonyl (C=O) groups is 2. The van der Waals surface area contributed by atoms with Crippen LogP contribution in [0.2, 0.25) is 5.02 Å². The molecule has 0 radical (unpaired) electrons. The first-order chi connectivity index (χ1) is 11.1. The van der Waals surface area contributed by atoms with E-state index in [0.29, 0.717) is 22.0 Å². The van der Waals surface area contributed by atoms with Crippen LogP contribution in [-0.4, -0.2) is 23.3 Å². The van der Waals surface area contributed by atoms with E-state index in [2.05, 4.69) is 6.58 Å². The lowest BCUT2D eigenvalue weighted by atomic mass is 10.1. The van der Waals surface area contributed by atoms with Crippen LogP contribution in [0.3, 0.4) is 0 Å². The SMILES string of the molecule is C=C1c2ccccc2C(=O)N1CCC(=O)Oc1ccc(Cl)cc1. The molecule has 0 spiro atoms. The third kappa shape index (κ3) is 3.12. The second kappa shape index (κ2) is 6.26. The van der Waals surface area contributed by atoms with Crippen LogP contribution < -0.4 is 4.74 Å². The van der Waals surface area contributed by atoms with Crippen molar-refractivity contribution < 1.29 is 14.3 Å². The molecule has 4 nitrogen and oxygen atoms in total. The minimum atomic E-state index is -0.413. The predicted molar refractivity (Wildman–Crippen MR) is 88.2 cm³/mol. The predicted octanol–water partition coefficient (Wildman–Crippen LogP) is 3.76. The summed E-state index contributed by atoms with van der Waals surface area (Å²) in [5, 5.41) is 0.571. The minimum Gasteiger partial charge on any atom is -0.426 e. The van der Waals surface area contributed by atoms with E-state index in [0.717, 1.165) is 5.56 Å². The summed E-state index contributed by atoms with van der Waals surface area (Å²) < 4.78 is 5.21. The molecule has 1 amide bonds. The lowest BCUT2D eigenvalue weighted by Gasteiger charge is -2.16. The standard InChI is InChI=1S/C18H14ClNO3/c1-12-15-4-2-3-5-16(15)18(22)20(12)11-10-17(21)23-14-8-6-13(19)7-9-14/h2-9H,1,10-11H2. The fraction of sp³-hybridized carbons (Fsp3) is 0.111. The van der Waals surface area contributed by atoms with Crippen molar-refractivity contribution in [2.75, 3.05) is 6.54 Å². The topological polar surface area (TPSA) is 46.6 Å². The van der Waals surface area contributed by atoms with Crippen molar-refractivity contribution in [1.29, 1.82) is 0 Å². The summed E-state index contributed by atoms with van der Waals surface area (Å²) in [6.45, 7) is 4.17. The molecule has 2 aromatic carbocycles. The van der Waals surface area contributed by atoms with Crippen LogP contribution in [0.5, 0.6) is 5.75 Å². The van der Waals surface area contributed by atoms with E-state index in [-0.39, 0.29) is 18.9 Å². The number of amides is 1. The van der Waals surface area contributed by atoms with Gasteiger partial charge in [-0.1, -0.05) is 36.4 Å². The summed E-state index contributed by atoms with van der Waals surface area (Å²) in [6.07, 6.45) is 0.0847. The summed E-state index contributed by atoms with van der Waals surface area (Å²) in [5.74, 6) is -0.122. The number of rotatable bonds is 4. The van der Waals surface area contributed by atoms with Gasteiger partial charge in [0.15, 0.2) is 0 Å². The highest BCUT2D eigenvalue weighted by Crippen LogP contribution is 2.31. The molecule has 0 N–H and O–H groups in total. The van der Waals surface area contributed by atoms with Gasteiger partial charge in [0, 0.05) is 28.4 Å². The molecule has 1 aliphatic heterocycles. The van der Waals surface area contributed by atoms with E-state index >= 15 is 0 Å². The first-order valence-electron chi connectivity index (χ1n) is 7.12. The van der Waals surface area contributed by atoms with Crippen LogP contribution >= 0.6 is 11.6 Å². The third-order valence-electron chi connectivity index (χ3n) is 3.62. The smallest absolute Gasteiger partial charge is 0.312 e. The van der Waals surface area contributed by atoms with Gasteiger partial charge in [0.2, 0.25) is 0 Å². The lowest BCUT2D eigenvalue weighted by molar-refractivity contribution is -0.134. The van der Waals surface area contributed by atoms with E-state index in [4.69, 9.17) is 16.3 Å². The zero-order valence-electron chi connectivity index (χ0n) is 12.3. The summed E-state index contributed by atoms with van der Waals surface area (Å²) in [6, 6.07) is 13.8. The maximum absolute atomic E-state index is 12.3. The number of ether oxygens (including phenoxy) is 1. The molecule has 3 rings (SSSR count). The van der Waals surface area contributed by atoms with E-state index in [1.165, 1.54) is 4.90 Å². The number of hydrogen-bond donors (Lipinski definition) is 0. The number of nitrogens with zero attached hydrogens (tertiary/aromatic N) is 1. The summed E-state index contributed by atoms with van der Waals surface area (Å²) in [4.78, 5) is 25.7. The summed E-state index contributed by atoms with van der Waals surface area (Å²) >= 11 is 5.78. The van der Waals surface area contributed by atoms with E-state index < -0.39 is 5.97 Å². The monoisotopic (exact) mass is 327 g/mol. The number of hydrogen-bond acceptors (Lipinski definition) is 3. The molecule has 0 saturated carbocycles. The van der Waals surface area contributed by atoms with Gasteiger partial charge in [-0.3, -0.25) is 9.59 Å². The van der Waals surface area contributed by atoms with Crippen molar-refractivity contribution >= 4 is 29.2 Å². The van der Waals surface area contributed by atoms with E-state index in [9.17, 15) is 9.59 Å². The molecule has 5 heteroatoms. The van der Waals surface area contributed by atoms with Crippen LogP contribution in [0.1, 0.15) is 22.3 Å². The second-order valence-electron chi connectivity index (χ2n) is 5.13. The maximum atomic E-state index is 12.3. The molecule has 0 unspecified atom stereocenters. The van der Waals surface area contributed by atoms with Gasteiger partial charge in [0.25, 0.3) is 5.91 Å². The number of benzene rings is 2. The molecule has 23 heavy (non-hydrogen) atoms. The van der Waals surface area contributed by atoms with Crippen LogP contribution in [0.25, 0.3) is 5.70 Å². The highest BCUT2D eigenvalue weighted by atomic mass is 35.5. The Bertz CT molecular complexity index is 748. The molecule has 1 aliphatic rings. The van der Waals surface area contributed by atoms with Crippen molar-refractivity contribution in [3.63, 3.8) is 0 Å². The van der Waals surface area contributed by atoms with Crippen LogP contribution in [0.15, 0.2) is 55.1 Å². The minimum absolute atomic E-state index is 0.0847. The van der Waals surface area contributed by atoms with Crippen LogP contribution in [0.4, 0.5) is 0 Å². The van der Waals surface area contributed by atoms with Crippen LogP contribution in [0, 0.1) is 0 Å². The number of carbonyl (C=O) groups excluding carboxylic acids is 2. The Labute approximate surface area is 138 Å². The first-order valence-corrected chi connectivity index (χ1v) is 7.50. The molecular weight excluding hydrogens is 314 g/mol. The zero-order chi connectivity index (χ0) is 16.4. The Hall–Kier alpha value is -2.59. The van der Waals surface area contributed by atoms with Gasteiger partial charge in [-0.2, -0.15) is 0 Å². The van der Waals surface area contributed by atoms with Gasteiger partial charge in [-0.15, -0.1) is 0 Å². The Kier molecular flexibility index (Phi) is 4.17. The molecule has 0 bridgehead atoms. The summed E-state index contributed by atoms with van der Waals surface area (Å²) in [7, 11) is 0. The van der Waals surface area contributed by atoms with Crippen molar-refractivity contribution in [3.05, 3.63) is 71.3 Å². The average molecular weight is 328 g/mol. The van der Waals surface area contributed by atoms with Gasteiger partial charge >= 0.3 is 5.97 Å². The molecule has 0 saturated heterocycles. The van der Waals surface area contributed by atoms with Gasteiger partial charge in [0.05, 0.1) is 6.42 Å². The number of halogens is 1. The molecule has 2 aromatic rings. The molecular formula is C18H14ClNO3. The van der Waals surface area contributed by atoms with Gasteiger partial charge in [0.1, 0.15) is 5.75 Å². The number of fused-ring (bicyclic) bond motifs is 1. The molecule has 0 fully saturated rings. The second-order valence-corrected chi connectivity index (χ2v) is 5.56. The fourth-order valence-corrected chi connectivity index (χ4v) is 2.59. The van der Waals surface area contributed by atoms with Crippen molar-refractivity contribution in [3.8, 4) is 5.75 Å². The maximum Gasteiger partial charge on any atom is 0.312 e. The average Bonchev–Trinajstić information content (AvgIpc) is 2.80. The van der Waals surface area contributed by atoms with Crippen molar-refractivity contribution in [1.82, 2.24) is 4.90 Å². The van der Waals surface area contributed by atoms with E-state index in [1.807, 2.05) is 18.2 Å². The van der Waals surface area contributed by atoms with Crippen molar-refractivity contribution in [2.45, 2.75) is 6.42 Å². The van der Waals surface area contributed by atoms with E-state index in [1.54, 1.807) is 30.3 Å². The normalized spacial score (nSPS) is 13.2. The Morgan fingerprint density at radius 1 is 1.09 bits per heavy atom. The Balaban J connectivity index is 1.61. The number of esters is 1. The first kappa shape index (κ1) is 15.3. The van der Waals surface area contributed by atoms with Gasteiger partial charge in [-0.25, -0.2) is 0 Å². The van der Waals surface area contributed by atoms with Gasteiger partial charge in [-0.05, 0) is 30.3 Å². The third-order valence-corrected chi connectivity index (χ3v) is 3.88. The molecule has 0 aliphatic carbocycles. The Morgan fingerprint density at radius 2 is 1.74 bits per heavy atom. The zero-order valence-corrected chi connectivity index (χ0v) is 13.0. The quantitative estimate of drug-likeness (QED) is 0.634.